The van der Waals surface area contributed by atoms with Gasteiger partial charge in [0.1, 0.15) is 11.6 Å². The van der Waals surface area contributed by atoms with Crippen LogP contribution in [0.4, 0.5) is 0 Å². The Morgan fingerprint density at radius 3 is 2.24 bits per heavy atom. The minimum Gasteiger partial charge on any atom is -0.656 e. The predicted molar refractivity (Wildman–Crippen MR) is 201 cm³/mol. The Kier molecular flexibility index (Phi) is 7.08. The van der Waals surface area contributed by atoms with Gasteiger partial charge in [-0.3, -0.25) is 4.57 Å². The monoisotopic (exact) mass is 822 g/mol. The number of hydrogen-bond donors (Lipinski definition) is 0. The molecule has 10 rings (SSSR count). The standard InChI is InChI=1S/C44H29N5.Pt/c1-27-16-20-30(21-17-27)48-39-14-8-10-31(43(39)47-44(48)35-12-7-11-34-32-9-3-4-13-37(32)46-42(34)35)29-19-22-33-36-25-28(2)18-23-38(36)49(40(33)26-29)41-15-5-6-24-45-41;/h3-25H,1-2H3;/q-2;+2. The molecule has 0 spiro atoms. The van der Waals surface area contributed by atoms with Crippen LogP contribution in [0.15, 0.2) is 140 Å². The van der Waals surface area contributed by atoms with E-state index >= 15 is 0 Å². The number of aryl methyl sites for hydroxylation is 2. The third-order valence-electron chi connectivity index (χ3n) is 9.68. The zero-order valence-corrected chi connectivity index (χ0v) is 29.6. The van der Waals surface area contributed by atoms with Crippen molar-refractivity contribution in [3.63, 3.8) is 0 Å². The first-order valence-electron chi connectivity index (χ1n) is 16.5. The molecule has 4 aromatic heterocycles. The first-order valence-corrected chi connectivity index (χ1v) is 16.5. The van der Waals surface area contributed by atoms with Crippen molar-refractivity contribution in [3.8, 4) is 34.0 Å². The zero-order valence-electron chi connectivity index (χ0n) is 27.3. The molecule has 0 bridgehead atoms. The summed E-state index contributed by atoms with van der Waals surface area (Å²) in [5.74, 6) is 1.73. The van der Waals surface area contributed by atoms with Crippen molar-refractivity contribution in [1.29, 1.82) is 0 Å². The smallest absolute Gasteiger partial charge is 0.656 e. The van der Waals surface area contributed by atoms with E-state index in [0.29, 0.717) is 0 Å². The van der Waals surface area contributed by atoms with Crippen LogP contribution in [0, 0.1) is 19.9 Å². The molecule has 0 aliphatic rings. The molecule has 0 aliphatic carbocycles. The molecule has 6 aromatic carbocycles. The molecule has 0 atom stereocenters. The molecule has 0 saturated carbocycles. The second kappa shape index (κ2) is 11.7. The van der Waals surface area contributed by atoms with Crippen molar-refractivity contribution in [2.45, 2.75) is 13.8 Å². The fourth-order valence-corrected chi connectivity index (χ4v) is 7.37. The first kappa shape index (κ1) is 30.3. The summed E-state index contributed by atoms with van der Waals surface area (Å²) >= 11 is 0. The van der Waals surface area contributed by atoms with Gasteiger partial charge in [-0.2, -0.15) is 0 Å². The van der Waals surface area contributed by atoms with E-state index in [2.05, 4.69) is 144 Å². The van der Waals surface area contributed by atoms with Crippen LogP contribution in [0.3, 0.4) is 0 Å². The van der Waals surface area contributed by atoms with E-state index in [0.717, 1.165) is 83.3 Å². The van der Waals surface area contributed by atoms with Gasteiger partial charge >= 0.3 is 21.1 Å². The third-order valence-corrected chi connectivity index (χ3v) is 9.68. The number of pyridine rings is 1. The summed E-state index contributed by atoms with van der Waals surface area (Å²) in [6.07, 6.45) is 1.84. The van der Waals surface area contributed by atoms with E-state index in [1.807, 2.05) is 24.4 Å². The minimum atomic E-state index is 0. The predicted octanol–water partition coefficient (Wildman–Crippen LogP) is 10.5. The van der Waals surface area contributed by atoms with E-state index in [9.17, 15) is 0 Å². The number of nitrogens with zero attached hydrogens (tertiary/aromatic N) is 5. The Balaban J connectivity index is 0.00000336. The Bertz CT molecular complexity index is 2890. The summed E-state index contributed by atoms with van der Waals surface area (Å²) in [6, 6.07) is 50.7. The molecule has 5 nitrogen and oxygen atoms in total. The maximum atomic E-state index is 5.48. The molecule has 10 aromatic rings. The van der Waals surface area contributed by atoms with Gasteiger partial charge in [0.2, 0.25) is 0 Å². The number of para-hydroxylation sites is 3. The molecule has 0 radical (unpaired) electrons. The number of aromatic nitrogens is 5. The summed E-state index contributed by atoms with van der Waals surface area (Å²) in [5.41, 5.74) is 12.5. The molecule has 0 saturated heterocycles. The van der Waals surface area contributed by atoms with Gasteiger partial charge < -0.3 is 9.55 Å². The minimum absolute atomic E-state index is 0. The quantitative estimate of drug-likeness (QED) is 0.166. The maximum Gasteiger partial charge on any atom is 2.00 e. The second-order valence-corrected chi connectivity index (χ2v) is 12.8. The third kappa shape index (κ3) is 4.58. The summed E-state index contributed by atoms with van der Waals surface area (Å²) in [5, 5.41) is 4.62. The zero-order chi connectivity index (χ0) is 32.6. The van der Waals surface area contributed by atoms with Gasteiger partial charge in [-0.25, -0.2) is 9.97 Å². The number of fused-ring (bicyclic) bond motifs is 7. The number of hydrogen-bond acceptors (Lipinski definition) is 2. The Labute approximate surface area is 303 Å². The normalized spacial score (nSPS) is 11.6. The van der Waals surface area contributed by atoms with Crippen LogP contribution in [-0.4, -0.2) is 19.1 Å². The SMILES string of the molecule is Cc1ccc(-n2c(-c3cccc4c3[n-]c3ccccc34)nc3c(-c4[c-]c5c(cc4)c4cc(C)ccc4n5-c4ccccn4)cccc32)cc1.[Pt+2]. The van der Waals surface area contributed by atoms with Gasteiger partial charge in [0, 0.05) is 23.0 Å². The molecule has 240 valence electrons. The summed E-state index contributed by atoms with van der Waals surface area (Å²) < 4.78 is 4.50. The van der Waals surface area contributed by atoms with Crippen molar-refractivity contribution in [2.24, 2.45) is 0 Å². The van der Waals surface area contributed by atoms with Gasteiger partial charge in [-0.15, -0.1) is 34.8 Å². The van der Waals surface area contributed by atoms with Crippen LogP contribution in [0.5, 0.6) is 0 Å². The van der Waals surface area contributed by atoms with Crippen molar-refractivity contribution in [2.75, 3.05) is 0 Å². The van der Waals surface area contributed by atoms with E-state index < -0.39 is 0 Å². The molecule has 0 aliphatic heterocycles. The van der Waals surface area contributed by atoms with Gasteiger partial charge in [-0.05, 0) is 71.9 Å². The van der Waals surface area contributed by atoms with Crippen molar-refractivity contribution in [3.05, 3.63) is 157 Å². The van der Waals surface area contributed by atoms with Crippen LogP contribution in [0.2, 0.25) is 0 Å². The Morgan fingerprint density at radius 1 is 0.600 bits per heavy atom. The topological polar surface area (TPSA) is 49.7 Å². The number of benzene rings is 6. The second-order valence-electron chi connectivity index (χ2n) is 12.8. The van der Waals surface area contributed by atoms with E-state index in [-0.39, 0.29) is 21.1 Å². The van der Waals surface area contributed by atoms with Crippen molar-refractivity contribution >= 4 is 54.6 Å². The maximum absolute atomic E-state index is 5.48. The molecule has 4 heterocycles. The van der Waals surface area contributed by atoms with Crippen LogP contribution < -0.4 is 4.98 Å². The van der Waals surface area contributed by atoms with Crippen LogP contribution in [0.25, 0.3) is 88.7 Å². The first-order chi connectivity index (χ1) is 24.1. The molecule has 6 heteroatoms. The average molecular weight is 823 g/mol. The van der Waals surface area contributed by atoms with Crippen LogP contribution in [0.1, 0.15) is 11.1 Å². The van der Waals surface area contributed by atoms with Crippen LogP contribution >= 0.6 is 0 Å². The van der Waals surface area contributed by atoms with Crippen LogP contribution in [-0.2, 0) is 21.1 Å². The molecule has 0 N–H and O–H groups in total. The average Bonchev–Trinajstić information content (AvgIpc) is 3.81. The molecular formula is C44H29N5Pt. The fourth-order valence-electron chi connectivity index (χ4n) is 7.37. The van der Waals surface area contributed by atoms with E-state index in [1.165, 1.54) is 16.5 Å². The largest absolute Gasteiger partial charge is 2.00 e. The van der Waals surface area contributed by atoms with Crippen molar-refractivity contribution < 1.29 is 21.1 Å². The van der Waals surface area contributed by atoms with Gasteiger partial charge in [0.15, 0.2) is 0 Å². The van der Waals surface area contributed by atoms with Gasteiger partial charge in [0.25, 0.3) is 0 Å². The Morgan fingerprint density at radius 2 is 1.38 bits per heavy atom. The van der Waals surface area contributed by atoms with Gasteiger partial charge in [0.05, 0.1) is 11.0 Å². The fraction of sp³-hybridized carbons (Fsp3) is 0.0455. The van der Waals surface area contributed by atoms with Crippen molar-refractivity contribution in [1.82, 2.24) is 24.1 Å². The summed E-state index contributed by atoms with van der Waals surface area (Å²) in [7, 11) is 0. The van der Waals surface area contributed by atoms with E-state index in [4.69, 9.17) is 15.0 Å². The molecule has 0 unspecified atom stereocenters. The molecule has 50 heavy (non-hydrogen) atoms. The Hall–Kier alpha value is -5.77. The number of rotatable bonds is 4. The summed E-state index contributed by atoms with van der Waals surface area (Å²) in [6.45, 7) is 4.25. The number of imidazole rings is 1. The molecule has 0 fully saturated rings. The molecular weight excluding hydrogens is 794 g/mol. The molecule has 0 amide bonds. The van der Waals surface area contributed by atoms with Gasteiger partial charge in [-0.1, -0.05) is 107 Å². The van der Waals surface area contributed by atoms with E-state index in [1.54, 1.807) is 0 Å². The summed E-state index contributed by atoms with van der Waals surface area (Å²) in [4.78, 5) is 15.3.